The average molecular weight is 237 g/mol. The van der Waals surface area contributed by atoms with Gasteiger partial charge in [0.1, 0.15) is 18.1 Å². The van der Waals surface area contributed by atoms with Crippen molar-refractivity contribution in [1.82, 2.24) is 0 Å². The van der Waals surface area contributed by atoms with Crippen molar-refractivity contribution in [3.63, 3.8) is 0 Å². The quantitative estimate of drug-likeness (QED) is 0.756. The van der Waals surface area contributed by atoms with Crippen LogP contribution in [-0.2, 0) is 0 Å². The Hall–Kier alpha value is -1.22. The van der Waals surface area contributed by atoms with Crippen molar-refractivity contribution < 1.29 is 9.47 Å². The van der Waals surface area contributed by atoms with E-state index < -0.39 is 0 Å². The molecule has 0 bridgehead atoms. The molecule has 0 aromatic heterocycles. The smallest absolute Gasteiger partial charge is 0.119 e. The van der Waals surface area contributed by atoms with Crippen LogP contribution in [0.5, 0.6) is 11.5 Å². The summed E-state index contributed by atoms with van der Waals surface area (Å²) < 4.78 is 11.1. The number of ether oxygens (including phenoxy) is 2. The molecule has 1 aromatic carbocycles. The fourth-order valence-electron chi connectivity index (χ4n) is 1.51. The first-order valence-electron chi connectivity index (χ1n) is 6.37. The molecule has 0 aliphatic carbocycles. The van der Waals surface area contributed by atoms with Crippen molar-refractivity contribution in [2.75, 3.05) is 13.2 Å². The van der Waals surface area contributed by atoms with E-state index in [1.54, 1.807) is 0 Å². The van der Waals surface area contributed by atoms with E-state index in [1.165, 1.54) is 0 Å². The van der Waals surface area contributed by atoms with Crippen molar-refractivity contribution in [1.29, 1.82) is 0 Å². The minimum absolute atomic E-state index is 0.121. The van der Waals surface area contributed by atoms with E-state index >= 15 is 0 Å². The maximum atomic E-state index is 5.88. The Morgan fingerprint density at radius 1 is 1.00 bits per heavy atom. The van der Waals surface area contributed by atoms with Crippen molar-refractivity contribution in [2.45, 2.75) is 39.2 Å². The van der Waals surface area contributed by atoms with Crippen LogP contribution in [0.4, 0.5) is 0 Å². The first-order valence-corrected chi connectivity index (χ1v) is 6.37. The predicted octanol–water partition coefficient (Wildman–Crippen LogP) is 2.98. The average Bonchev–Trinajstić information content (AvgIpc) is 2.35. The van der Waals surface area contributed by atoms with Crippen LogP contribution in [0.1, 0.15) is 33.1 Å². The lowest BCUT2D eigenvalue weighted by Gasteiger charge is -2.12. The molecule has 0 amide bonds. The van der Waals surface area contributed by atoms with Gasteiger partial charge in [0.25, 0.3) is 0 Å². The zero-order valence-electron chi connectivity index (χ0n) is 10.8. The van der Waals surface area contributed by atoms with Crippen LogP contribution in [0.2, 0.25) is 0 Å². The van der Waals surface area contributed by atoms with Crippen LogP contribution in [-0.4, -0.2) is 19.3 Å². The van der Waals surface area contributed by atoms with E-state index in [9.17, 15) is 0 Å². The van der Waals surface area contributed by atoms with Gasteiger partial charge >= 0.3 is 0 Å². The minimum Gasteiger partial charge on any atom is -0.494 e. The van der Waals surface area contributed by atoms with Crippen molar-refractivity contribution in [2.24, 2.45) is 5.73 Å². The Morgan fingerprint density at radius 3 is 2.12 bits per heavy atom. The molecule has 1 unspecified atom stereocenters. The van der Waals surface area contributed by atoms with Crippen LogP contribution in [0.3, 0.4) is 0 Å². The second-order valence-corrected chi connectivity index (χ2v) is 4.18. The lowest BCUT2D eigenvalue weighted by Crippen LogP contribution is -2.27. The molecule has 0 saturated heterocycles. The molecule has 96 valence electrons. The van der Waals surface area contributed by atoms with Gasteiger partial charge in [-0.15, -0.1) is 0 Å². The van der Waals surface area contributed by atoms with E-state index in [-0.39, 0.29) is 6.04 Å². The molecule has 0 aliphatic heterocycles. The molecule has 3 nitrogen and oxygen atoms in total. The summed E-state index contributed by atoms with van der Waals surface area (Å²) in [6.45, 7) is 5.54. The fourth-order valence-corrected chi connectivity index (χ4v) is 1.51. The lowest BCUT2D eigenvalue weighted by molar-refractivity contribution is 0.280. The van der Waals surface area contributed by atoms with Gasteiger partial charge in [-0.2, -0.15) is 0 Å². The van der Waals surface area contributed by atoms with E-state index in [4.69, 9.17) is 15.2 Å². The molecule has 0 heterocycles. The molecular formula is C14H23NO2. The number of benzene rings is 1. The van der Waals surface area contributed by atoms with Crippen molar-refractivity contribution in [3.05, 3.63) is 24.3 Å². The largest absolute Gasteiger partial charge is 0.494 e. The second-order valence-electron chi connectivity index (χ2n) is 4.18. The molecule has 1 atom stereocenters. The predicted molar refractivity (Wildman–Crippen MR) is 70.6 cm³/mol. The molecule has 0 aliphatic rings. The van der Waals surface area contributed by atoms with Crippen LogP contribution >= 0.6 is 0 Å². The summed E-state index contributed by atoms with van der Waals surface area (Å²) in [5, 5.41) is 0. The van der Waals surface area contributed by atoms with E-state index in [0.717, 1.165) is 37.4 Å². The van der Waals surface area contributed by atoms with Crippen LogP contribution in [0.15, 0.2) is 24.3 Å². The first-order chi connectivity index (χ1) is 8.26. The van der Waals surface area contributed by atoms with Gasteiger partial charge in [0.05, 0.1) is 6.61 Å². The van der Waals surface area contributed by atoms with E-state index in [1.807, 2.05) is 24.3 Å². The zero-order valence-corrected chi connectivity index (χ0v) is 10.8. The molecule has 0 saturated carbocycles. The summed E-state index contributed by atoms with van der Waals surface area (Å²) in [6, 6.07) is 7.82. The molecule has 2 N–H and O–H groups in total. The highest BCUT2D eigenvalue weighted by Gasteiger charge is 2.02. The number of nitrogens with two attached hydrogens (primary N) is 1. The minimum atomic E-state index is 0.121. The van der Waals surface area contributed by atoms with Crippen LogP contribution in [0, 0.1) is 0 Å². The van der Waals surface area contributed by atoms with Crippen LogP contribution in [0.25, 0.3) is 0 Å². The molecule has 0 fully saturated rings. The Labute approximate surface area is 104 Å². The topological polar surface area (TPSA) is 44.5 Å². The molecular weight excluding hydrogens is 214 g/mol. The van der Waals surface area contributed by atoms with Gasteiger partial charge in [0.2, 0.25) is 0 Å². The Balaban J connectivity index is 2.34. The molecule has 1 rings (SSSR count). The van der Waals surface area contributed by atoms with Gasteiger partial charge in [-0.25, -0.2) is 0 Å². The Bertz CT molecular complexity index is 298. The van der Waals surface area contributed by atoms with Gasteiger partial charge in [-0.05, 0) is 37.1 Å². The van der Waals surface area contributed by atoms with Gasteiger partial charge in [-0.3, -0.25) is 0 Å². The van der Waals surface area contributed by atoms with E-state index in [0.29, 0.717) is 6.61 Å². The van der Waals surface area contributed by atoms with Crippen molar-refractivity contribution in [3.8, 4) is 11.5 Å². The summed E-state index contributed by atoms with van der Waals surface area (Å²) in [7, 11) is 0. The van der Waals surface area contributed by atoms with Gasteiger partial charge in [-0.1, -0.05) is 20.3 Å². The number of hydrogen-bond donors (Lipinski definition) is 1. The highest BCUT2D eigenvalue weighted by Crippen LogP contribution is 2.17. The second kappa shape index (κ2) is 7.96. The van der Waals surface area contributed by atoms with Crippen molar-refractivity contribution >= 4 is 0 Å². The van der Waals surface area contributed by atoms with E-state index in [2.05, 4.69) is 13.8 Å². The lowest BCUT2D eigenvalue weighted by atomic mass is 10.2. The van der Waals surface area contributed by atoms with Gasteiger partial charge < -0.3 is 15.2 Å². The normalized spacial score (nSPS) is 12.2. The molecule has 3 heteroatoms. The Morgan fingerprint density at radius 2 is 1.59 bits per heavy atom. The highest BCUT2D eigenvalue weighted by atomic mass is 16.5. The maximum absolute atomic E-state index is 5.88. The van der Waals surface area contributed by atoms with Gasteiger partial charge in [0.15, 0.2) is 0 Å². The van der Waals surface area contributed by atoms with Crippen LogP contribution < -0.4 is 15.2 Å². The first kappa shape index (κ1) is 13.8. The SMILES string of the molecule is CCCOc1ccc(OCC(N)CCC)cc1. The summed E-state index contributed by atoms with van der Waals surface area (Å²) in [4.78, 5) is 0. The highest BCUT2D eigenvalue weighted by molar-refractivity contribution is 5.31. The third-order valence-electron chi connectivity index (χ3n) is 2.42. The zero-order chi connectivity index (χ0) is 12.5. The monoisotopic (exact) mass is 237 g/mol. The fraction of sp³-hybridized carbons (Fsp3) is 0.571. The summed E-state index contributed by atoms with van der Waals surface area (Å²) in [5.41, 5.74) is 5.88. The number of rotatable bonds is 8. The third-order valence-corrected chi connectivity index (χ3v) is 2.42. The summed E-state index contributed by atoms with van der Waals surface area (Å²) in [6.07, 6.45) is 3.11. The molecule has 17 heavy (non-hydrogen) atoms. The maximum Gasteiger partial charge on any atom is 0.119 e. The summed E-state index contributed by atoms with van der Waals surface area (Å²) in [5.74, 6) is 1.73. The molecule has 0 spiro atoms. The Kier molecular flexibility index (Phi) is 6.48. The molecule has 0 radical (unpaired) electrons. The standard InChI is InChI=1S/C14H23NO2/c1-3-5-12(15)11-17-14-8-6-13(7-9-14)16-10-4-2/h6-9,12H,3-5,10-11,15H2,1-2H3. The third kappa shape index (κ3) is 5.59. The summed E-state index contributed by atoms with van der Waals surface area (Å²) >= 11 is 0. The van der Waals surface area contributed by atoms with Gasteiger partial charge in [0, 0.05) is 6.04 Å². The molecule has 1 aromatic rings. The number of hydrogen-bond acceptors (Lipinski definition) is 3.